The summed E-state index contributed by atoms with van der Waals surface area (Å²) in [6, 6.07) is 8.98. The van der Waals surface area contributed by atoms with E-state index < -0.39 is 12.1 Å². The summed E-state index contributed by atoms with van der Waals surface area (Å²) < 4.78 is 0. The molecule has 0 unspecified atom stereocenters. The van der Waals surface area contributed by atoms with Crippen molar-refractivity contribution in [2.45, 2.75) is 31.8 Å². The fourth-order valence-electron chi connectivity index (χ4n) is 4.10. The molecule has 1 fully saturated rings. The largest absolute Gasteiger partial charge is 0.347 e. The molecule has 2 N–H and O–H groups in total. The molecule has 10 heteroatoms. The van der Waals surface area contributed by atoms with Crippen molar-refractivity contribution in [1.82, 2.24) is 25.1 Å². The SMILES string of the molecule is C[C@H](NC(=O)c1ccc(C(=O)N2CCC[C@H]2C(=O)N(C)C)c(Cl)c1)c1nc2ccc(Cl)cc2[nH]1. The monoisotopic (exact) mass is 501 g/mol. The van der Waals surface area contributed by atoms with Gasteiger partial charge in [-0.3, -0.25) is 14.4 Å². The molecular formula is C24H25Cl2N5O3. The van der Waals surface area contributed by atoms with Crippen molar-refractivity contribution in [3.8, 4) is 0 Å². The van der Waals surface area contributed by atoms with E-state index in [0.717, 1.165) is 17.5 Å². The maximum atomic E-state index is 13.1. The maximum absolute atomic E-state index is 13.1. The number of nitrogens with one attached hydrogen (secondary N) is 2. The molecular weight excluding hydrogens is 477 g/mol. The second kappa shape index (κ2) is 9.64. The van der Waals surface area contributed by atoms with E-state index in [0.29, 0.717) is 29.4 Å². The summed E-state index contributed by atoms with van der Waals surface area (Å²) in [6.45, 7) is 2.30. The van der Waals surface area contributed by atoms with Gasteiger partial charge in [0.05, 0.1) is 27.7 Å². The molecule has 2 aromatic carbocycles. The molecule has 4 rings (SSSR count). The lowest BCUT2D eigenvalue weighted by molar-refractivity contribution is -0.132. The predicted molar refractivity (Wildman–Crippen MR) is 131 cm³/mol. The van der Waals surface area contributed by atoms with Crippen molar-refractivity contribution in [1.29, 1.82) is 0 Å². The lowest BCUT2D eigenvalue weighted by atomic mass is 10.1. The number of nitrogens with zero attached hydrogens (tertiary/aromatic N) is 3. The van der Waals surface area contributed by atoms with Crippen molar-refractivity contribution in [3.63, 3.8) is 0 Å². The molecule has 34 heavy (non-hydrogen) atoms. The Morgan fingerprint density at radius 3 is 2.65 bits per heavy atom. The van der Waals surface area contributed by atoms with Gasteiger partial charge in [-0.05, 0) is 56.2 Å². The van der Waals surface area contributed by atoms with Gasteiger partial charge >= 0.3 is 0 Å². The molecule has 0 spiro atoms. The van der Waals surface area contributed by atoms with Gasteiger partial charge in [0.2, 0.25) is 5.91 Å². The number of aromatic amines is 1. The van der Waals surface area contributed by atoms with Crippen LogP contribution in [0.5, 0.6) is 0 Å². The van der Waals surface area contributed by atoms with Crippen LogP contribution in [0.15, 0.2) is 36.4 Å². The first kappa shape index (κ1) is 24.0. The van der Waals surface area contributed by atoms with Crippen LogP contribution in [-0.2, 0) is 4.79 Å². The molecule has 2 heterocycles. The molecule has 1 aliphatic heterocycles. The molecule has 1 saturated heterocycles. The van der Waals surface area contributed by atoms with Gasteiger partial charge in [-0.1, -0.05) is 23.2 Å². The summed E-state index contributed by atoms with van der Waals surface area (Å²) in [6.07, 6.45) is 1.37. The number of carbonyl (C=O) groups excluding carboxylic acids is 3. The van der Waals surface area contributed by atoms with Gasteiger partial charge in [0.1, 0.15) is 11.9 Å². The van der Waals surface area contributed by atoms with E-state index in [4.69, 9.17) is 23.2 Å². The fourth-order valence-corrected chi connectivity index (χ4v) is 4.54. The van der Waals surface area contributed by atoms with Crippen LogP contribution in [0.4, 0.5) is 0 Å². The minimum Gasteiger partial charge on any atom is -0.347 e. The summed E-state index contributed by atoms with van der Waals surface area (Å²) in [4.78, 5) is 49.1. The highest BCUT2D eigenvalue weighted by Gasteiger charge is 2.36. The third-order valence-electron chi connectivity index (χ3n) is 5.92. The number of fused-ring (bicyclic) bond motifs is 1. The van der Waals surface area contributed by atoms with Gasteiger partial charge in [-0.25, -0.2) is 4.98 Å². The van der Waals surface area contributed by atoms with Crippen LogP contribution in [0.25, 0.3) is 11.0 Å². The summed E-state index contributed by atoms with van der Waals surface area (Å²) in [5.74, 6) is -0.188. The van der Waals surface area contributed by atoms with E-state index in [9.17, 15) is 14.4 Å². The zero-order valence-corrected chi connectivity index (χ0v) is 20.6. The van der Waals surface area contributed by atoms with Gasteiger partial charge in [0.15, 0.2) is 0 Å². The van der Waals surface area contributed by atoms with E-state index in [1.54, 1.807) is 43.3 Å². The zero-order chi connectivity index (χ0) is 24.6. The topological polar surface area (TPSA) is 98.4 Å². The number of carbonyl (C=O) groups is 3. The average molecular weight is 502 g/mol. The summed E-state index contributed by atoms with van der Waals surface area (Å²) in [5, 5.41) is 3.64. The predicted octanol–water partition coefficient (Wildman–Crippen LogP) is 4.05. The standard InChI is InChI=1S/C24H25Cl2N5O3/c1-13(21-28-18-9-7-15(25)12-19(18)29-21)27-22(32)14-6-8-16(17(26)11-14)23(33)31-10-4-5-20(31)24(34)30(2)3/h6-9,11-13,20H,4-5,10H2,1-3H3,(H,27,32)(H,28,29)/t13-,20-/m0/s1. The second-order valence-corrected chi connectivity index (χ2v) is 9.41. The lowest BCUT2D eigenvalue weighted by Crippen LogP contribution is -2.45. The maximum Gasteiger partial charge on any atom is 0.256 e. The molecule has 8 nitrogen and oxygen atoms in total. The molecule has 3 amide bonds. The summed E-state index contributed by atoms with van der Waals surface area (Å²) >= 11 is 12.4. The number of likely N-dealkylation sites (tertiary alicyclic amines) is 1. The Labute approximate surface area is 207 Å². The number of halogens is 2. The van der Waals surface area contributed by atoms with Crippen LogP contribution in [0.2, 0.25) is 10.0 Å². The van der Waals surface area contributed by atoms with Gasteiger partial charge < -0.3 is 20.1 Å². The third-order valence-corrected chi connectivity index (χ3v) is 6.47. The smallest absolute Gasteiger partial charge is 0.256 e. The highest BCUT2D eigenvalue weighted by molar-refractivity contribution is 6.34. The molecule has 0 saturated carbocycles. The first-order valence-electron chi connectivity index (χ1n) is 10.9. The molecule has 1 aromatic heterocycles. The Hall–Kier alpha value is -3.10. The molecule has 178 valence electrons. The lowest BCUT2D eigenvalue weighted by Gasteiger charge is -2.26. The van der Waals surface area contributed by atoms with Crippen molar-refractivity contribution in [2.75, 3.05) is 20.6 Å². The zero-order valence-electron chi connectivity index (χ0n) is 19.1. The van der Waals surface area contributed by atoms with E-state index in [1.165, 1.54) is 17.0 Å². The Morgan fingerprint density at radius 2 is 1.94 bits per heavy atom. The number of hydrogen-bond acceptors (Lipinski definition) is 4. The van der Waals surface area contributed by atoms with Crippen molar-refractivity contribution in [3.05, 3.63) is 63.4 Å². The van der Waals surface area contributed by atoms with Gasteiger partial charge in [-0.15, -0.1) is 0 Å². The van der Waals surface area contributed by atoms with Crippen LogP contribution in [-0.4, -0.2) is 64.2 Å². The summed E-state index contributed by atoms with van der Waals surface area (Å²) in [5.41, 5.74) is 2.11. The van der Waals surface area contributed by atoms with Crippen LogP contribution >= 0.6 is 23.2 Å². The summed E-state index contributed by atoms with van der Waals surface area (Å²) in [7, 11) is 3.34. The molecule has 3 aromatic rings. The van der Waals surface area contributed by atoms with Crippen LogP contribution in [0, 0.1) is 0 Å². The Morgan fingerprint density at radius 1 is 1.18 bits per heavy atom. The number of aromatic nitrogens is 2. The minimum absolute atomic E-state index is 0.111. The van der Waals surface area contributed by atoms with Crippen LogP contribution < -0.4 is 5.32 Å². The highest BCUT2D eigenvalue weighted by atomic mass is 35.5. The van der Waals surface area contributed by atoms with Crippen molar-refractivity contribution < 1.29 is 14.4 Å². The quantitative estimate of drug-likeness (QED) is 0.550. The van der Waals surface area contributed by atoms with Gasteiger partial charge in [0.25, 0.3) is 11.8 Å². The fraction of sp³-hybridized carbons (Fsp3) is 0.333. The number of likely N-dealkylation sites (N-methyl/N-ethyl adjacent to an activating group) is 1. The number of imidazole rings is 1. The molecule has 0 radical (unpaired) electrons. The van der Waals surface area contributed by atoms with Gasteiger partial charge in [-0.2, -0.15) is 0 Å². The van der Waals surface area contributed by atoms with E-state index in [1.807, 2.05) is 6.92 Å². The van der Waals surface area contributed by atoms with Crippen molar-refractivity contribution >= 4 is 52.0 Å². The van der Waals surface area contributed by atoms with E-state index in [-0.39, 0.29) is 28.3 Å². The van der Waals surface area contributed by atoms with E-state index >= 15 is 0 Å². The normalized spacial score (nSPS) is 16.5. The number of benzene rings is 2. The molecule has 0 bridgehead atoms. The minimum atomic E-state index is -0.499. The van der Waals surface area contributed by atoms with Crippen LogP contribution in [0.3, 0.4) is 0 Å². The number of hydrogen-bond donors (Lipinski definition) is 2. The van der Waals surface area contributed by atoms with Gasteiger partial charge in [0, 0.05) is 31.2 Å². The Kier molecular flexibility index (Phi) is 6.81. The Bertz CT molecular complexity index is 1270. The second-order valence-electron chi connectivity index (χ2n) is 8.56. The Balaban J connectivity index is 1.48. The number of rotatable bonds is 5. The first-order valence-corrected chi connectivity index (χ1v) is 11.7. The van der Waals surface area contributed by atoms with E-state index in [2.05, 4.69) is 15.3 Å². The molecule has 1 aliphatic rings. The van der Waals surface area contributed by atoms with Crippen molar-refractivity contribution in [2.24, 2.45) is 0 Å². The first-order chi connectivity index (χ1) is 16.2. The molecule has 0 aliphatic carbocycles. The number of H-pyrrole nitrogens is 1. The van der Waals surface area contributed by atoms with Crippen LogP contribution in [0.1, 0.15) is 52.3 Å². The highest BCUT2D eigenvalue weighted by Crippen LogP contribution is 2.26. The third kappa shape index (κ3) is 4.74. The number of amides is 3. The molecule has 2 atom stereocenters. The average Bonchev–Trinajstić information content (AvgIpc) is 3.44.